The van der Waals surface area contributed by atoms with Crippen LogP contribution >= 0.6 is 15.9 Å². The minimum atomic E-state index is -1.11. The van der Waals surface area contributed by atoms with E-state index in [-0.39, 0.29) is 18.0 Å². The van der Waals surface area contributed by atoms with Crippen molar-refractivity contribution >= 4 is 39.9 Å². The second kappa shape index (κ2) is 9.65. The quantitative estimate of drug-likeness (QED) is 0.433. The summed E-state index contributed by atoms with van der Waals surface area (Å²) in [6, 6.07) is 10.3. The predicted octanol–water partition coefficient (Wildman–Crippen LogP) is 3.71. The van der Waals surface area contributed by atoms with E-state index < -0.39 is 24.5 Å². The number of aliphatic carboxylic acids is 1. The Morgan fingerprint density at radius 1 is 1.16 bits per heavy atom. The first-order valence-electron chi connectivity index (χ1n) is 9.49. The molecule has 0 radical (unpaired) electrons. The summed E-state index contributed by atoms with van der Waals surface area (Å²) >= 11 is 3.39. The van der Waals surface area contributed by atoms with Gasteiger partial charge in [-0.05, 0) is 43.2 Å². The average molecular weight is 489 g/mol. The predicted molar refractivity (Wildman–Crippen MR) is 117 cm³/mol. The van der Waals surface area contributed by atoms with Crippen molar-refractivity contribution in [2.24, 2.45) is 0 Å². The third-order valence-electron chi connectivity index (χ3n) is 4.44. The summed E-state index contributed by atoms with van der Waals surface area (Å²) in [7, 11) is 0. The zero-order valence-corrected chi connectivity index (χ0v) is 18.6. The molecule has 9 heteroatoms. The minimum Gasteiger partial charge on any atom is -0.490 e. The van der Waals surface area contributed by atoms with E-state index in [1.54, 1.807) is 19.1 Å². The average Bonchev–Trinajstić information content (AvgIpc) is 2.98. The first-order valence-corrected chi connectivity index (χ1v) is 10.3. The second-order valence-corrected chi connectivity index (χ2v) is 7.66. The van der Waals surface area contributed by atoms with Crippen molar-refractivity contribution in [3.63, 3.8) is 0 Å². The lowest BCUT2D eigenvalue weighted by molar-refractivity contribution is -0.139. The molecule has 8 nitrogen and oxygen atoms in total. The molecule has 1 aliphatic heterocycles. The largest absolute Gasteiger partial charge is 0.490 e. The topological polar surface area (TPSA) is 105 Å². The second-order valence-electron chi connectivity index (χ2n) is 6.80. The summed E-state index contributed by atoms with van der Waals surface area (Å²) in [6.07, 6.45) is 1.53. The minimum absolute atomic E-state index is 0.125. The highest BCUT2D eigenvalue weighted by molar-refractivity contribution is 9.10. The highest BCUT2D eigenvalue weighted by Gasteiger charge is 2.33. The molecule has 162 valence electrons. The number of carbonyl (C=O) groups excluding carboxylic acids is 2. The van der Waals surface area contributed by atoms with Gasteiger partial charge in [-0.15, -0.1) is 0 Å². The van der Waals surface area contributed by atoms with Crippen molar-refractivity contribution < 1.29 is 29.0 Å². The first-order chi connectivity index (χ1) is 14.8. The van der Waals surface area contributed by atoms with E-state index in [4.69, 9.17) is 14.6 Å². The molecule has 2 aromatic carbocycles. The van der Waals surface area contributed by atoms with Gasteiger partial charge in [0.25, 0.3) is 5.91 Å². The van der Waals surface area contributed by atoms with Crippen molar-refractivity contribution in [2.45, 2.75) is 20.4 Å². The number of halogens is 1. The van der Waals surface area contributed by atoms with E-state index in [2.05, 4.69) is 21.2 Å². The van der Waals surface area contributed by atoms with E-state index in [1.807, 2.05) is 31.2 Å². The molecule has 0 saturated carbocycles. The molecular weight excluding hydrogens is 468 g/mol. The van der Waals surface area contributed by atoms with E-state index in [9.17, 15) is 14.4 Å². The van der Waals surface area contributed by atoms with Gasteiger partial charge in [-0.2, -0.15) is 0 Å². The molecule has 2 N–H and O–H groups in total. The number of carboxylic acid groups (broad SMARTS) is 1. The van der Waals surface area contributed by atoms with Crippen LogP contribution in [-0.2, 0) is 16.1 Å². The van der Waals surface area contributed by atoms with Gasteiger partial charge >= 0.3 is 12.0 Å². The van der Waals surface area contributed by atoms with Gasteiger partial charge in [-0.3, -0.25) is 9.69 Å². The lowest BCUT2D eigenvalue weighted by Gasteiger charge is -2.13. The number of carbonyl (C=O) groups is 3. The Labute approximate surface area is 187 Å². The SMILES string of the molecule is CCOc1cc(/C=C2/NC(=O)N(Cc3ccc(C)cc3)C2=O)c(Br)cc1OCC(=O)O. The number of rotatable bonds is 8. The summed E-state index contributed by atoms with van der Waals surface area (Å²) < 4.78 is 11.3. The maximum atomic E-state index is 12.8. The van der Waals surface area contributed by atoms with Crippen LogP contribution in [0.25, 0.3) is 6.08 Å². The number of urea groups is 1. The normalized spacial score (nSPS) is 14.7. The van der Waals surface area contributed by atoms with Gasteiger partial charge in [-0.25, -0.2) is 9.59 Å². The Bertz CT molecular complexity index is 1050. The van der Waals surface area contributed by atoms with Crippen LogP contribution < -0.4 is 14.8 Å². The molecule has 0 unspecified atom stereocenters. The highest BCUT2D eigenvalue weighted by Crippen LogP contribution is 2.35. The molecule has 0 aromatic heterocycles. The van der Waals surface area contributed by atoms with Gasteiger partial charge in [0.1, 0.15) is 5.70 Å². The molecule has 1 fully saturated rings. The van der Waals surface area contributed by atoms with Gasteiger partial charge in [0.15, 0.2) is 18.1 Å². The first kappa shape index (κ1) is 22.4. The Morgan fingerprint density at radius 2 is 1.84 bits per heavy atom. The smallest absolute Gasteiger partial charge is 0.341 e. The summed E-state index contributed by atoms with van der Waals surface area (Å²) in [5, 5.41) is 11.4. The van der Waals surface area contributed by atoms with E-state index in [1.165, 1.54) is 6.08 Å². The number of imide groups is 1. The Kier molecular flexibility index (Phi) is 6.96. The molecule has 1 heterocycles. The fourth-order valence-corrected chi connectivity index (χ4v) is 3.37. The Balaban J connectivity index is 1.85. The maximum absolute atomic E-state index is 12.8. The van der Waals surface area contributed by atoms with Crippen LogP contribution in [0.1, 0.15) is 23.6 Å². The number of nitrogens with zero attached hydrogens (tertiary/aromatic N) is 1. The van der Waals surface area contributed by atoms with Gasteiger partial charge in [-0.1, -0.05) is 45.8 Å². The molecule has 3 rings (SSSR count). The monoisotopic (exact) mass is 488 g/mol. The summed E-state index contributed by atoms with van der Waals surface area (Å²) in [4.78, 5) is 37.1. The number of hydrogen-bond acceptors (Lipinski definition) is 5. The molecule has 1 saturated heterocycles. The van der Waals surface area contributed by atoms with Crippen molar-refractivity contribution in [3.05, 3.63) is 63.3 Å². The zero-order chi connectivity index (χ0) is 22.5. The van der Waals surface area contributed by atoms with Crippen LogP contribution in [0.5, 0.6) is 11.5 Å². The van der Waals surface area contributed by atoms with Crippen molar-refractivity contribution in [1.82, 2.24) is 10.2 Å². The molecule has 0 aliphatic carbocycles. The zero-order valence-electron chi connectivity index (χ0n) is 17.0. The number of amides is 3. The number of ether oxygens (including phenoxy) is 2. The fourth-order valence-electron chi connectivity index (χ4n) is 2.93. The Hall–Kier alpha value is -3.33. The summed E-state index contributed by atoms with van der Waals surface area (Å²) in [6.45, 7) is 3.72. The fraction of sp³-hybridized carbons (Fsp3) is 0.227. The van der Waals surface area contributed by atoms with E-state index in [0.29, 0.717) is 22.4 Å². The molecule has 31 heavy (non-hydrogen) atoms. The lowest BCUT2D eigenvalue weighted by Crippen LogP contribution is -2.30. The van der Waals surface area contributed by atoms with Crippen LogP contribution in [0.4, 0.5) is 4.79 Å². The number of hydrogen-bond donors (Lipinski definition) is 2. The van der Waals surface area contributed by atoms with E-state index >= 15 is 0 Å². The van der Waals surface area contributed by atoms with Crippen molar-refractivity contribution in [2.75, 3.05) is 13.2 Å². The van der Waals surface area contributed by atoms with Crippen LogP contribution in [0.2, 0.25) is 0 Å². The lowest BCUT2D eigenvalue weighted by atomic mass is 10.1. The van der Waals surface area contributed by atoms with E-state index in [0.717, 1.165) is 16.0 Å². The Morgan fingerprint density at radius 3 is 2.48 bits per heavy atom. The van der Waals surface area contributed by atoms with Crippen molar-refractivity contribution in [1.29, 1.82) is 0 Å². The molecule has 0 spiro atoms. The number of nitrogens with one attached hydrogen (secondary N) is 1. The van der Waals surface area contributed by atoms with Crippen LogP contribution in [0, 0.1) is 6.92 Å². The van der Waals surface area contributed by atoms with Crippen LogP contribution in [-0.4, -0.2) is 41.1 Å². The maximum Gasteiger partial charge on any atom is 0.341 e. The highest BCUT2D eigenvalue weighted by atomic mass is 79.9. The molecular formula is C22H21BrN2O6. The molecule has 2 aromatic rings. The van der Waals surface area contributed by atoms with Crippen molar-refractivity contribution in [3.8, 4) is 11.5 Å². The molecule has 0 atom stereocenters. The number of carboxylic acids is 1. The summed E-state index contributed by atoms with van der Waals surface area (Å²) in [5.74, 6) is -0.979. The number of aryl methyl sites for hydroxylation is 1. The molecule has 0 bridgehead atoms. The van der Waals surface area contributed by atoms with Crippen LogP contribution in [0.3, 0.4) is 0 Å². The van der Waals surface area contributed by atoms with Gasteiger partial charge in [0.05, 0.1) is 13.2 Å². The number of benzene rings is 2. The molecule has 1 aliphatic rings. The third kappa shape index (κ3) is 5.43. The standard InChI is InChI=1S/C22H21BrN2O6/c1-3-30-18-9-15(16(23)10-19(18)31-12-20(26)27)8-17-21(28)25(22(29)24-17)11-14-6-4-13(2)5-7-14/h4-10H,3,11-12H2,1-2H3,(H,24,29)(H,26,27)/b17-8+. The molecule has 3 amide bonds. The third-order valence-corrected chi connectivity index (χ3v) is 5.12. The van der Waals surface area contributed by atoms with Crippen LogP contribution in [0.15, 0.2) is 46.6 Å². The van der Waals surface area contributed by atoms with Gasteiger partial charge in [0, 0.05) is 4.47 Å². The van der Waals surface area contributed by atoms with Gasteiger partial charge in [0.2, 0.25) is 0 Å². The summed E-state index contributed by atoms with van der Waals surface area (Å²) in [5.41, 5.74) is 2.62. The van der Waals surface area contributed by atoms with Gasteiger partial charge < -0.3 is 19.9 Å².